The summed E-state index contributed by atoms with van der Waals surface area (Å²) in [6.07, 6.45) is 4.57. The predicted molar refractivity (Wildman–Crippen MR) is 62.9 cm³/mol. The SMILES string of the molecule is COC(=O)CC=Cc1cccc(CCO)c1. The summed E-state index contributed by atoms with van der Waals surface area (Å²) >= 11 is 0. The average Bonchev–Trinajstić information content (AvgIpc) is 2.30. The highest BCUT2D eigenvalue weighted by atomic mass is 16.5. The molecule has 0 aliphatic rings. The number of ether oxygens (including phenoxy) is 1. The highest BCUT2D eigenvalue weighted by Crippen LogP contribution is 2.08. The predicted octanol–water partition coefficient (Wildman–Crippen LogP) is 1.80. The molecule has 0 spiro atoms. The van der Waals surface area contributed by atoms with Crippen molar-refractivity contribution in [2.24, 2.45) is 0 Å². The number of hydrogen-bond acceptors (Lipinski definition) is 3. The monoisotopic (exact) mass is 220 g/mol. The van der Waals surface area contributed by atoms with Gasteiger partial charge in [0.05, 0.1) is 13.5 Å². The molecule has 1 N–H and O–H groups in total. The fourth-order valence-corrected chi connectivity index (χ4v) is 1.36. The second kappa shape index (κ2) is 6.80. The number of aliphatic hydroxyl groups is 1. The van der Waals surface area contributed by atoms with E-state index in [1.165, 1.54) is 7.11 Å². The lowest BCUT2D eigenvalue weighted by molar-refractivity contribution is -0.139. The summed E-state index contributed by atoms with van der Waals surface area (Å²) < 4.78 is 4.53. The maximum atomic E-state index is 10.9. The number of esters is 1. The third kappa shape index (κ3) is 4.28. The van der Waals surface area contributed by atoms with Gasteiger partial charge in [0, 0.05) is 6.61 Å². The summed E-state index contributed by atoms with van der Waals surface area (Å²) in [5.41, 5.74) is 2.11. The lowest BCUT2D eigenvalue weighted by Crippen LogP contribution is -1.96. The van der Waals surface area contributed by atoms with E-state index in [2.05, 4.69) is 4.74 Å². The number of rotatable bonds is 5. The second-order valence-electron chi connectivity index (χ2n) is 3.40. The number of methoxy groups -OCH3 is 1. The largest absolute Gasteiger partial charge is 0.469 e. The molecular weight excluding hydrogens is 204 g/mol. The summed E-state index contributed by atoms with van der Waals surface area (Å²) in [7, 11) is 1.37. The Labute approximate surface area is 95.4 Å². The highest BCUT2D eigenvalue weighted by molar-refractivity contribution is 5.72. The number of carbonyl (C=O) groups is 1. The molecule has 3 heteroatoms. The van der Waals surface area contributed by atoms with Gasteiger partial charge in [0.25, 0.3) is 0 Å². The molecule has 0 saturated heterocycles. The Bertz CT molecular complexity index is 369. The quantitative estimate of drug-likeness (QED) is 0.770. The number of carbonyl (C=O) groups excluding carboxylic acids is 1. The van der Waals surface area contributed by atoms with Crippen molar-refractivity contribution in [2.75, 3.05) is 13.7 Å². The zero-order valence-electron chi connectivity index (χ0n) is 9.35. The van der Waals surface area contributed by atoms with Gasteiger partial charge in [-0.2, -0.15) is 0 Å². The summed E-state index contributed by atoms with van der Waals surface area (Å²) in [4.78, 5) is 10.9. The molecule has 0 aromatic heterocycles. The molecule has 0 atom stereocenters. The smallest absolute Gasteiger partial charge is 0.309 e. The topological polar surface area (TPSA) is 46.5 Å². The molecule has 16 heavy (non-hydrogen) atoms. The van der Waals surface area contributed by atoms with Gasteiger partial charge < -0.3 is 9.84 Å². The van der Waals surface area contributed by atoms with Crippen LogP contribution in [0, 0.1) is 0 Å². The van der Waals surface area contributed by atoms with Crippen molar-refractivity contribution in [1.82, 2.24) is 0 Å². The molecule has 0 radical (unpaired) electrons. The van der Waals surface area contributed by atoms with E-state index in [0.29, 0.717) is 6.42 Å². The second-order valence-corrected chi connectivity index (χ2v) is 3.40. The van der Waals surface area contributed by atoms with Crippen LogP contribution in [0.2, 0.25) is 0 Å². The van der Waals surface area contributed by atoms with Crippen LogP contribution in [0.25, 0.3) is 6.08 Å². The van der Waals surface area contributed by atoms with E-state index in [0.717, 1.165) is 11.1 Å². The van der Waals surface area contributed by atoms with Crippen LogP contribution < -0.4 is 0 Å². The minimum Gasteiger partial charge on any atom is -0.469 e. The van der Waals surface area contributed by atoms with Gasteiger partial charge in [-0.25, -0.2) is 0 Å². The molecule has 1 aromatic carbocycles. The molecule has 0 saturated carbocycles. The molecule has 86 valence electrons. The van der Waals surface area contributed by atoms with Crippen LogP contribution in [-0.4, -0.2) is 24.8 Å². The Hall–Kier alpha value is -1.61. The maximum Gasteiger partial charge on any atom is 0.309 e. The van der Waals surface area contributed by atoms with Gasteiger partial charge in [-0.05, 0) is 17.5 Å². The molecule has 3 nitrogen and oxygen atoms in total. The average molecular weight is 220 g/mol. The minimum absolute atomic E-state index is 0.148. The molecular formula is C13H16O3. The molecule has 0 heterocycles. The fraction of sp³-hybridized carbons (Fsp3) is 0.308. The van der Waals surface area contributed by atoms with Crippen LogP contribution in [0.5, 0.6) is 0 Å². The van der Waals surface area contributed by atoms with Crippen LogP contribution in [0.4, 0.5) is 0 Å². The standard InChI is InChI=1S/C13H16O3/c1-16-13(15)7-3-6-11-4-2-5-12(10-11)8-9-14/h2-6,10,14H,7-9H2,1H3. The molecule has 0 amide bonds. The summed E-state index contributed by atoms with van der Waals surface area (Å²) in [5.74, 6) is -0.247. The first-order chi connectivity index (χ1) is 7.76. The Kier molecular flexibility index (Phi) is 5.29. The van der Waals surface area contributed by atoms with Crippen molar-refractivity contribution in [3.63, 3.8) is 0 Å². The first-order valence-corrected chi connectivity index (χ1v) is 5.19. The van der Waals surface area contributed by atoms with E-state index in [1.807, 2.05) is 30.3 Å². The molecule has 0 aliphatic heterocycles. The van der Waals surface area contributed by atoms with E-state index in [9.17, 15) is 4.79 Å². The Morgan fingerprint density at radius 2 is 2.31 bits per heavy atom. The van der Waals surface area contributed by atoms with Gasteiger partial charge in [-0.1, -0.05) is 36.4 Å². The van der Waals surface area contributed by atoms with Crippen molar-refractivity contribution in [2.45, 2.75) is 12.8 Å². The molecule has 1 aromatic rings. The van der Waals surface area contributed by atoms with Gasteiger partial charge in [-0.15, -0.1) is 0 Å². The maximum absolute atomic E-state index is 10.9. The van der Waals surface area contributed by atoms with E-state index < -0.39 is 0 Å². The van der Waals surface area contributed by atoms with Crippen LogP contribution >= 0.6 is 0 Å². The van der Waals surface area contributed by atoms with Crippen LogP contribution in [-0.2, 0) is 16.0 Å². The summed E-state index contributed by atoms with van der Waals surface area (Å²) in [6.45, 7) is 0.148. The van der Waals surface area contributed by atoms with Crippen molar-refractivity contribution in [3.05, 3.63) is 41.5 Å². The van der Waals surface area contributed by atoms with Crippen molar-refractivity contribution >= 4 is 12.0 Å². The molecule has 0 aliphatic carbocycles. The number of aliphatic hydroxyl groups excluding tert-OH is 1. The zero-order valence-corrected chi connectivity index (χ0v) is 9.35. The van der Waals surface area contributed by atoms with Gasteiger partial charge in [0.2, 0.25) is 0 Å². The Balaban J connectivity index is 2.59. The third-order valence-corrected chi connectivity index (χ3v) is 2.17. The molecule has 0 unspecified atom stereocenters. The minimum atomic E-state index is -0.247. The van der Waals surface area contributed by atoms with Crippen LogP contribution in [0.3, 0.4) is 0 Å². The van der Waals surface area contributed by atoms with E-state index in [-0.39, 0.29) is 19.0 Å². The fourth-order valence-electron chi connectivity index (χ4n) is 1.36. The first-order valence-electron chi connectivity index (χ1n) is 5.19. The Morgan fingerprint density at radius 1 is 1.50 bits per heavy atom. The summed E-state index contributed by atoms with van der Waals surface area (Å²) in [6, 6.07) is 7.84. The number of benzene rings is 1. The molecule has 0 bridgehead atoms. The van der Waals surface area contributed by atoms with Gasteiger partial charge in [-0.3, -0.25) is 4.79 Å². The zero-order chi connectivity index (χ0) is 11.8. The van der Waals surface area contributed by atoms with E-state index in [4.69, 9.17) is 5.11 Å². The first kappa shape index (κ1) is 12.5. The van der Waals surface area contributed by atoms with Crippen molar-refractivity contribution < 1.29 is 14.6 Å². The molecule has 1 rings (SSSR count). The van der Waals surface area contributed by atoms with Crippen molar-refractivity contribution in [1.29, 1.82) is 0 Å². The number of hydrogen-bond donors (Lipinski definition) is 1. The highest BCUT2D eigenvalue weighted by Gasteiger charge is 1.95. The van der Waals surface area contributed by atoms with Gasteiger partial charge >= 0.3 is 5.97 Å². The molecule has 0 fully saturated rings. The van der Waals surface area contributed by atoms with Gasteiger partial charge in [0.15, 0.2) is 0 Å². The lowest BCUT2D eigenvalue weighted by Gasteiger charge is -1.99. The third-order valence-electron chi connectivity index (χ3n) is 2.17. The lowest BCUT2D eigenvalue weighted by atomic mass is 10.1. The normalized spacial score (nSPS) is 10.6. The van der Waals surface area contributed by atoms with E-state index in [1.54, 1.807) is 6.08 Å². The van der Waals surface area contributed by atoms with Crippen LogP contribution in [0.15, 0.2) is 30.3 Å². The van der Waals surface area contributed by atoms with Crippen molar-refractivity contribution in [3.8, 4) is 0 Å². The summed E-state index contributed by atoms with van der Waals surface area (Å²) in [5, 5.41) is 8.81. The van der Waals surface area contributed by atoms with E-state index >= 15 is 0 Å². The Morgan fingerprint density at radius 3 is 3.00 bits per heavy atom. The van der Waals surface area contributed by atoms with Crippen LogP contribution in [0.1, 0.15) is 17.5 Å². The van der Waals surface area contributed by atoms with Gasteiger partial charge in [0.1, 0.15) is 0 Å².